The molecule has 1 N–H and O–H groups in total. The van der Waals surface area contributed by atoms with Gasteiger partial charge in [0.1, 0.15) is 9.90 Å². The highest BCUT2D eigenvalue weighted by Crippen LogP contribution is 2.22. The molecule has 1 rings (SSSR count). The molecular weight excluding hydrogens is 268 g/mol. The first-order valence-corrected chi connectivity index (χ1v) is 7.29. The quantitative estimate of drug-likeness (QED) is 0.513. The number of nitrogens with zero attached hydrogens (tertiary/aromatic N) is 1. The molecule has 100 valence electrons. The Hall–Kier alpha value is -0.550. The molecule has 1 aromatic heterocycles. The van der Waals surface area contributed by atoms with Gasteiger partial charge in [-0.15, -0.1) is 11.3 Å². The van der Waals surface area contributed by atoms with Gasteiger partial charge in [0, 0.05) is 11.4 Å². The summed E-state index contributed by atoms with van der Waals surface area (Å²) in [5.74, 6) is 0. The molecule has 3 nitrogen and oxygen atoms in total. The lowest BCUT2D eigenvalue weighted by Gasteiger charge is -2.27. The molecule has 0 aliphatic heterocycles. The van der Waals surface area contributed by atoms with E-state index in [-0.39, 0.29) is 10.8 Å². The molecule has 1 heterocycles. The van der Waals surface area contributed by atoms with Crippen molar-refractivity contribution in [1.29, 1.82) is 0 Å². The van der Waals surface area contributed by atoms with Gasteiger partial charge in [-0.1, -0.05) is 23.7 Å². The molecule has 0 amide bonds. The van der Waals surface area contributed by atoms with E-state index in [0.29, 0.717) is 11.6 Å². The molecule has 1 unspecified atom stereocenters. The Kier molecular flexibility index (Phi) is 5.66. The molecule has 1 aromatic rings. The van der Waals surface area contributed by atoms with E-state index in [2.05, 4.69) is 16.3 Å². The maximum atomic E-state index is 12.1. The predicted octanol–water partition coefficient (Wildman–Crippen LogP) is 3.40. The van der Waals surface area contributed by atoms with Crippen LogP contribution < -0.4 is 4.72 Å². The third-order valence-corrected chi connectivity index (χ3v) is 4.12. The van der Waals surface area contributed by atoms with E-state index < -0.39 is 11.4 Å². The van der Waals surface area contributed by atoms with Gasteiger partial charge in [0.25, 0.3) is 0 Å². The summed E-state index contributed by atoms with van der Waals surface area (Å²) >= 11 is 4.72. The first kappa shape index (κ1) is 15.5. The average Bonchev–Trinajstić information content (AvgIpc) is 2.27. The zero-order valence-electron chi connectivity index (χ0n) is 10.9. The summed E-state index contributed by atoms with van der Waals surface area (Å²) in [6.45, 7) is 9.49. The zero-order chi connectivity index (χ0) is 13.8. The van der Waals surface area contributed by atoms with Crippen molar-refractivity contribution in [3.63, 3.8) is 0 Å². The average molecular weight is 287 g/mol. The van der Waals surface area contributed by atoms with Gasteiger partial charge < -0.3 is 4.55 Å². The maximum Gasteiger partial charge on any atom is 0.136 e. The number of rotatable bonds is 5. The summed E-state index contributed by atoms with van der Waals surface area (Å²) in [5.41, 5.74) is 0.778. The van der Waals surface area contributed by atoms with Crippen molar-refractivity contribution < 1.29 is 4.55 Å². The van der Waals surface area contributed by atoms with E-state index in [4.69, 9.17) is 11.6 Å². The van der Waals surface area contributed by atoms with E-state index in [1.54, 1.807) is 12.1 Å². The highest BCUT2D eigenvalue weighted by Gasteiger charge is 2.29. The molecule has 0 saturated carbocycles. The standard InChI is InChI=1S/C13H19ClN2OS/c1-5-7-11(16-18(17)13(2,3)4)10-8-6-9-12(14)15-10/h5-6,8-9,11,16H,1,7H2,2-4H3/t11-,18?/m1/s1. The number of aromatic nitrogens is 1. The van der Waals surface area contributed by atoms with Gasteiger partial charge in [-0.05, 0) is 39.3 Å². The van der Waals surface area contributed by atoms with Crippen LogP contribution in [-0.4, -0.2) is 14.3 Å². The summed E-state index contributed by atoms with van der Waals surface area (Å²) in [4.78, 5) is 4.25. The van der Waals surface area contributed by atoms with E-state index in [1.807, 2.05) is 32.9 Å². The van der Waals surface area contributed by atoms with Crippen molar-refractivity contribution in [3.05, 3.63) is 41.7 Å². The maximum absolute atomic E-state index is 12.1. The fraction of sp³-hybridized carbons (Fsp3) is 0.462. The van der Waals surface area contributed by atoms with Crippen LogP contribution in [-0.2, 0) is 11.4 Å². The monoisotopic (exact) mass is 286 g/mol. The van der Waals surface area contributed by atoms with Crippen molar-refractivity contribution in [2.45, 2.75) is 38.0 Å². The number of hydrogen-bond donors (Lipinski definition) is 1. The Morgan fingerprint density at radius 1 is 1.56 bits per heavy atom. The summed E-state index contributed by atoms with van der Waals surface area (Å²) in [5, 5.41) is 0.435. The summed E-state index contributed by atoms with van der Waals surface area (Å²) in [6.07, 6.45) is 2.43. The van der Waals surface area contributed by atoms with E-state index in [1.165, 1.54) is 0 Å². The van der Waals surface area contributed by atoms with Crippen LogP contribution in [0.1, 0.15) is 38.9 Å². The first-order chi connectivity index (χ1) is 8.34. The summed E-state index contributed by atoms with van der Waals surface area (Å²) < 4.78 is 14.9. The third kappa shape index (κ3) is 4.61. The third-order valence-electron chi connectivity index (χ3n) is 2.30. The Labute approximate surface area is 117 Å². The fourth-order valence-electron chi connectivity index (χ4n) is 1.32. The number of pyridine rings is 1. The molecular formula is C13H19ClN2OS. The normalized spacial score (nSPS) is 15.2. The SMILES string of the molecule is C=CC[C@@H](N[S+]([O-])C(C)(C)C)c1cccc(Cl)n1. The van der Waals surface area contributed by atoms with Crippen LogP contribution in [0.15, 0.2) is 30.9 Å². The number of nitrogens with one attached hydrogen (secondary N) is 1. The molecule has 0 fully saturated rings. The van der Waals surface area contributed by atoms with Crippen molar-refractivity contribution in [1.82, 2.24) is 9.71 Å². The van der Waals surface area contributed by atoms with Gasteiger partial charge in [-0.25, -0.2) is 4.98 Å². The molecule has 0 spiro atoms. The highest BCUT2D eigenvalue weighted by molar-refractivity contribution is 7.90. The van der Waals surface area contributed by atoms with Gasteiger partial charge in [0.15, 0.2) is 0 Å². The molecule has 0 aromatic carbocycles. The minimum Gasteiger partial charge on any atom is -0.598 e. The lowest BCUT2D eigenvalue weighted by atomic mass is 10.1. The lowest BCUT2D eigenvalue weighted by Crippen LogP contribution is -2.41. The van der Waals surface area contributed by atoms with Crippen molar-refractivity contribution >= 4 is 23.0 Å². The van der Waals surface area contributed by atoms with Gasteiger partial charge in [-0.3, -0.25) is 0 Å². The molecule has 0 aliphatic rings. The van der Waals surface area contributed by atoms with E-state index in [0.717, 1.165) is 5.69 Å². The molecule has 5 heteroatoms. The summed E-state index contributed by atoms with van der Waals surface area (Å²) in [6, 6.07) is 5.28. The van der Waals surface area contributed by atoms with Gasteiger partial charge >= 0.3 is 0 Å². The minimum absolute atomic E-state index is 0.138. The fourth-order valence-corrected chi connectivity index (χ4v) is 2.32. The Bertz CT molecular complexity index is 406. The smallest absolute Gasteiger partial charge is 0.136 e. The first-order valence-electron chi connectivity index (χ1n) is 5.76. The lowest BCUT2D eigenvalue weighted by molar-refractivity contribution is 0.521. The van der Waals surface area contributed by atoms with Gasteiger partial charge in [-0.2, -0.15) is 0 Å². The van der Waals surface area contributed by atoms with E-state index in [9.17, 15) is 4.55 Å². The molecule has 2 atom stereocenters. The largest absolute Gasteiger partial charge is 0.598 e. The second-order valence-electron chi connectivity index (χ2n) is 4.96. The predicted molar refractivity (Wildman–Crippen MR) is 77.8 cm³/mol. The molecule has 0 radical (unpaired) electrons. The van der Waals surface area contributed by atoms with Crippen molar-refractivity contribution in [2.24, 2.45) is 0 Å². The topological polar surface area (TPSA) is 48.0 Å². The molecule has 0 bridgehead atoms. The Morgan fingerprint density at radius 3 is 2.72 bits per heavy atom. The Morgan fingerprint density at radius 2 is 2.22 bits per heavy atom. The van der Waals surface area contributed by atoms with Crippen molar-refractivity contribution in [3.8, 4) is 0 Å². The van der Waals surface area contributed by atoms with Crippen LogP contribution in [0.3, 0.4) is 0 Å². The number of hydrogen-bond acceptors (Lipinski definition) is 3. The van der Waals surface area contributed by atoms with Crippen LogP contribution in [0.4, 0.5) is 0 Å². The summed E-state index contributed by atoms with van der Waals surface area (Å²) in [7, 11) is 0. The van der Waals surface area contributed by atoms with Gasteiger partial charge in [0.2, 0.25) is 0 Å². The second kappa shape index (κ2) is 6.57. The van der Waals surface area contributed by atoms with Gasteiger partial charge in [0.05, 0.1) is 11.7 Å². The molecule has 0 aliphatic carbocycles. The Balaban J connectivity index is 2.86. The second-order valence-corrected chi connectivity index (χ2v) is 7.35. The van der Waals surface area contributed by atoms with Crippen LogP contribution in [0.5, 0.6) is 0 Å². The van der Waals surface area contributed by atoms with Crippen LogP contribution in [0.25, 0.3) is 0 Å². The van der Waals surface area contributed by atoms with Crippen LogP contribution in [0.2, 0.25) is 5.15 Å². The van der Waals surface area contributed by atoms with Crippen molar-refractivity contribution in [2.75, 3.05) is 0 Å². The zero-order valence-corrected chi connectivity index (χ0v) is 12.5. The highest BCUT2D eigenvalue weighted by atomic mass is 35.5. The van der Waals surface area contributed by atoms with E-state index >= 15 is 0 Å². The molecule has 18 heavy (non-hydrogen) atoms. The number of halogens is 1. The minimum atomic E-state index is -1.16. The van der Waals surface area contributed by atoms with Crippen LogP contribution >= 0.6 is 11.6 Å². The van der Waals surface area contributed by atoms with Crippen LogP contribution in [0, 0.1) is 0 Å². The molecule has 0 saturated heterocycles.